The van der Waals surface area contributed by atoms with Crippen molar-refractivity contribution in [2.24, 2.45) is 0 Å². The summed E-state index contributed by atoms with van der Waals surface area (Å²) < 4.78 is 7.11. The summed E-state index contributed by atoms with van der Waals surface area (Å²) in [5.41, 5.74) is 2.70. The van der Waals surface area contributed by atoms with Gasteiger partial charge in [-0.05, 0) is 35.9 Å². The molecule has 0 spiro atoms. The number of rotatable bonds is 4. The number of hydrogen-bond donors (Lipinski definition) is 1. The summed E-state index contributed by atoms with van der Waals surface area (Å²) in [7, 11) is 0. The average Bonchev–Trinajstić information content (AvgIpc) is 3.22. The van der Waals surface area contributed by atoms with Crippen molar-refractivity contribution in [3.63, 3.8) is 0 Å². The van der Waals surface area contributed by atoms with E-state index in [4.69, 9.17) is 16.0 Å². The van der Waals surface area contributed by atoms with E-state index in [1.165, 1.54) is 0 Å². The number of nitrogens with zero attached hydrogens (tertiary/aromatic N) is 3. The van der Waals surface area contributed by atoms with Crippen molar-refractivity contribution in [2.45, 2.75) is 6.54 Å². The fourth-order valence-corrected chi connectivity index (χ4v) is 2.67. The molecule has 0 saturated heterocycles. The van der Waals surface area contributed by atoms with Crippen LogP contribution in [0.5, 0.6) is 0 Å². The molecule has 0 atom stereocenters. The van der Waals surface area contributed by atoms with E-state index in [1.807, 2.05) is 42.5 Å². The molecule has 4 aromatic rings. The second-order valence-corrected chi connectivity index (χ2v) is 5.50. The molecule has 0 bridgehead atoms. The SMILES string of the molecule is Clc1cccc(-c2cnn3c(NCc4ccco4)ccnc23)c1. The minimum atomic E-state index is 0.582. The Labute approximate surface area is 137 Å². The van der Waals surface area contributed by atoms with Gasteiger partial charge in [-0.15, -0.1) is 0 Å². The lowest BCUT2D eigenvalue weighted by Crippen LogP contribution is -2.05. The van der Waals surface area contributed by atoms with Gasteiger partial charge in [-0.1, -0.05) is 23.7 Å². The summed E-state index contributed by atoms with van der Waals surface area (Å²) in [6.07, 6.45) is 5.21. The number of anilines is 1. The fraction of sp³-hybridized carbons (Fsp3) is 0.0588. The van der Waals surface area contributed by atoms with Crippen molar-refractivity contribution in [1.82, 2.24) is 14.6 Å². The van der Waals surface area contributed by atoms with Crippen LogP contribution in [0, 0.1) is 0 Å². The van der Waals surface area contributed by atoms with Crippen LogP contribution < -0.4 is 5.32 Å². The molecule has 1 aromatic carbocycles. The van der Waals surface area contributed by atoms with Crippen LogP contribution in [0.25, 0.3) is 16.8 Å². The topological polar surface area (TPSA) is 55.4 Å². The first-order chi connectivity index (χ1) is 11.3. The minimum Gasteiger partial charge on any atom is -0.467 e. The molecule has 5 nitrogen and oxygen atoms in total. The van der Waals surface area contributed by atoms with Crippen molar-refractivity contribution >= 4 is 23.1 Å². The molecule has 0 amide bonds. The highest BCUT2D eigenvalue weighted by Crippen LogP contribution is 2.27. The predicted molar refractivity (Wildman–Crippen MR) is 89.5 cm³/mol. The molecule has 1 N–H and O–H groups in total. The number of benzene rings is 1. The van der Waals surface area contributed by atoms with E-state index >= 15 is 0 Å². The zero-order valence-corrected chi connectivity index (χ0v) is 12.9. The maximum Gasteiger partial charge on any atom is 0.165 e. The van der Waals surface area contributed by atoms with Crippen LogP contribution in [0.4, 0.5) is 5.82 Å². The van der Waals surface area contributed by atoms with Gasteiger partial charge in [0.15, 0.2) is 5.65 Å². The summed E-state index contributed by atoms with van der Waals surface area (Å²) in [5, 5.41) is 8.44. The highest BCUT2D eigenvalue weighted by molar-refractivity contribution is 6.30. The summed E-state index contributed by atoms with van der Waals surface area (Å²) in [6, 6.07) is 13.3. The zero-order valence-electron chi connectivity index (χ0n) is 12.1. The van der Waals surface area contributed by atoms with Gasteiger partial charge in [0, 0.05) is 16.8 Å². The molecule has 0 radical (unpaired) electrons. The van der Waals surface area contributed by atoms with Crippen molar-refractivity contribution in [3.05, 3.63) is 71.9 Å². The zero-order chi connectivity index (χ0) is 15.6. The van der Waals surface area contributed by atoms with Crippen molar-refractivity contribution in [1.29, 1.82) is 0 Å². The number of nitrogens with one attached hydrogen (secondary N) is 1. The van der Waals surface area contributed by atoms with Gasteiger partial charge in [-0.3, -0.25) is 0 Å². The van der Waals surface area contributed by atoms with Crippen molar-refractivity contribution in [3.8, 4) is 11.1 Å². The Kier molecular flexibility index (Phi) is 3.48. The molecule has 4 rings (SSSR count). The Morgan fingerprint density at radius 3 is 2.96 bits per heavy atom. The van der Waals surface area contributed by atoms with E-state index in [9.17, 15) is 0 Å². The molecule has 0 aliphatic heterocycles. The molecule has 3 heterocycles. The van der Waals surface area contributed by atoms with Gasteiger partial charge in [0.05, 0.1) is 19.0 Å². The molecule has 3 aromatic heterocycles. The largest absolute Gasteiger partial charge is 0.467 e. The van der Waals surface area contributed by atoms with Crippen LogP contribution in [0.3, 0.4) is 0 Å². The van der Waals surface area contributed by atoms with E-state index in [0.29, 0.717) is 11.6 Å². The van der Waals surface area contributed by atoms with Crippen LogP contribution >= 0.6 is 11.6 Å². The van der Waals surface area contributed by atoms with E-state index in [-0.39, 0.29) is 0 Å². The number of furan rings is 1. The Balaban J connectivity index is 1.71. The quantitative estimate of drug-likeness (QED) is 0.609. The number of halogens is 1. The first kappa shape index (κ1) is 13.8. The average molecular weight is 325 g/mol. The minimum absolute atomic E-state index is 0.582. The number of hydrogen-bond acceptors (Lipinski definition) is 4. The maximum atomic E-state index is 6.08. The highest BCUT2D eigenvalue weighted by atomic mass is 35.5. The second-order valence-electron chi connectivity index (χ2n) is 5.07. The first-order valence-corrected chi connectivity index (χ1v) is 7.54. The molecular weight excluding hydrogens is 312 g/mol. The van der Waals surface area contributed by atoms with E-state index in [0.717, 1.165) is 28.4 Å². The van der Waals surface area contributed by atoms with Gasteiger partial charge in [0.1, 0.15) is 11.6 Å². The standard InChI is InChI=1S/C17H13ClN4O/c18-13-4-1-3-12(9-13)15-11-21-22-16(6-7-19-17(15)22)20-10-14-5-2-8-23-14/h1-9,11,20H,10H2. The third-order valence-electron chi connectivity index (χ3n) is 3.56. The predicted octanol–water partition coefficient (Wildman–Crippen LogP) is 4.25. The highest BCUT2D eigenvalue weighted by Gasteiger charge is 2.11. The number of fused-ring (bicyclic) bond motifs is 1. The van der Waals surface area contributed by atoms with Gasteiger partial charge in [0.2, 0.25) is 0 Å². The molecule has 0 aliphatic rings. The Morgan fingerprint density at radius 2 is 2.13 bits per heavy atom. The van der Waals surface area contributed by atoms with Crippen LogP contribution in [0.2, 0.25) is 5.02 Å². The van der Waals surface area contributed by atoms with Crippen LogP contribution in [0.15, 0.2) is 65.5 Å². The normalized spacial score (nSPS) is 11.0. The summed E-state index contributed by atoms with van der Waals surface area (Å²) in [5.74, 6) is 1.71. The van der Waals surface area contributed by atoms with Gasteiger partial charge in [-0.25, -0.2) is 4.98 Å². The third kappa shape index (κ3) is 2.66. The van der Waals surface area contributed by atoms with E-state index in [2.05, 4.69) is 15.4 Å². The van der Waals surface area contributed by atoms with Crippen LogP contribution in [-0.2, 0) is 6.54 Å². The molecule has 6 heteroatoms. The molecule has 0 fully saturated rings. The van der Waals surface area contributed by atoms with Crippen LogP contribution in [-0.4, -0.2) is 14.6 Å². The molecular formula is C17H13ClN4O. The molecule has 0 aliphatic carbocycles. The number of aromatic nitrogens is 3. The monoisotopic (exact) mass is 324 g/mol. The van der Waals surface area contributed by atoms with Gasteiger partial charge in [-0.2, -0.15) is 9.61 Å². The second kappa shape index (κ2) is 5.78. The van der Waals surface area contributed by atoms with Gasteiger partial charge < -0.3 is 9.73 Å². The van der Waals surface area contributed by atoms with Crippen LogP contribution in [0.1, 0.15) is 5.76 Å². The molecule has 0 saturated carbocycles. The van der Waals surface area contributed by atoms with Crippen molar-refractivity contribution in [2.75, 3.05) is 5.32 Å². The molecule has 23 heavy (non-hydrogen) atoms. The van der Waals surface area contributed by atoms with E-state index in [1.54, 1.807) is 23.2 Å². The van der Waals surface area contributed by atoms with Gasteiger partial charge >= 0.3 is 0 Å². The van der Waals surface area contributed by atoms with E-state index < -0.39 is 0 Å². The summed E-state index contributed by atoms with van der Waals surface area (Å²) in [6.45, 7) is 0.582. The Hall–Kier alpha value is -2.79. The van der Waals surface area contributed by atoms with Gasteiger partial charge in [0.25, 0.3) is 0 Å². The molecule has 0 unspecified atom stereocenters. The fourth-order valence-electron chi connectivity index (χ4n) is 2.48. The first-order valence-electron chi connectivity index (χ1n) is 7.16. The van der Waals surface area contributed by atoms with Crippen molar-refractivity contribution < 1.29 is 4.42 Å². The smallest absolute Gasteiger partial charge is 0.165 e. The maximum absolute atomic E-state index is 6.08. The Bertz CT molecular complexity index is 946. The summed E-state index contributed by atoms with van der Waals surface area (Å²) >= 11 is 6.08. The molecule has 114 valence electrons. The Morgan fingerprint density at radius 1 is 1.17 bits per heavy atom. The lowest BCUT2D eigenvalue weighted by Gasteiger charge is -2.07. The summed E-state index contributed by atoms with van der Waals surface area (Å²) in [4.78, 5) is 4.45. The lowest BCUT2D eigenvalue weighted by molar-refractivity contribution is 0.517. The lowest BCUT2D eigenvalue weighted by atomic mass is 10.1. The third-order valence-corrected chi connectivity index (χ3v) is 3.80.